The van der Waals surface area contributed by atoms with Gasteiger partial charge in [0.2, 0.25) is 0 Å². The largest absolute Gasteiger partial charge is 0.448 e. The third-order valence-electron chi connectivity index (χ3n) is 4.71. The van der Waals surface area contributed by atoms with E-state index in [1.54, 1.807) is 24.3 Å². The molecule has 9 nitrogen and oxygen atoms in total. The molecule has 170 valence electrons. The van der Waals surface area contributed by atoms with Crippen molar-refractivity contribution in [3.63, 3.8) is 0 Å². The second kappa shape index (κ2) is 9.25. The Hall–Kier alpha value is -3.99. The number of benzene rings is 2. The summed E-state index contributed by atoms with van der Waals surface area (Å²) < 4.78 is 35.1. The molecule has 0 aliphatic carbocycles. The molecule has 5 N–H and O–H groups in total. The van der Waals surface area contributed by atoms with Crippen LogP contribution in [0.4, 0.5) is 30.9 Å². The fraction of sp³-hybridized carbons (Fsp3) is 0.143. The van der Waals surface area contributed by atoms with E-state index in [4.69, 9.17) is 27.8 Å². The van der Waals surface area contributed by atoms with Crippen LogP contribution < -0.4 is 16.8 Å². The highest BCUT2D eigenvalue weighted by molar-refractivity contribution is 6.18. The number of nitrogens with one attached hydrogen (secondary N) is 1. The lowest BCUT2D eigenvalue weighted by Crippen LogP contribution is -2.18. The van der Waals surface area contributed by atoms with E-state index in [0.29, 0.717) is 10.9 Å². The molecule has 0 radical (unpaired) electrons. The number of aromatic nitrogens is 4. The van der Waals surface area contributed by atoms with Crippen molar-refractivity contribution in [2.24, 2.45) is 0 Å². The van der Waals surface area contributed by atoms with Gasteiger partial charge in [-0.1, -0.05) is 30.3 Å². The second-order valence-corrected chi connectivity index (χ2v) is 7.25. The number of halogens is 3. The van der Waals surface area contributed by atoms with Crippen LogP contribution >= 0.6 is 11.6 Å². The lowest BCUT2D eigenvalue weighted by atomic mass is 10.2. The first-order valence-corrected chi connectivity index (χ1v) is 10.2. The molecule has 0 fully saturated rings. The zero-order valence-corrected chi connectivity index (χ0v) is 17.8. The van der Waals surface area contributed by atoms with E-state index in [0.717, 1.165) is 0 Å². The van der Waals surface area contributed by atoms with E-state index in [1.807, 2.05) is 0 Å². The first kappa shape index (κ1) is 22.2. The van der Waals surface area contributed by atoms with Crippen LogP contribution in [0, 0.1) is 11.6 Å². The molecule has 0 aliphatic heterocycles. The summed E-state index contributed by atoms with van der Waals surface area (Å²) in [5.74, 6) is -1.16. The third kappa shape index (κ3) is 4.48. The number of anilines is 3. The number of hydrogen-bond acceptors (Lipinski definition) is 7. The van der Waals surface area contributed by atoms with Crippen molar-refractivity contribution in [3.05, 3.63) is 59.7 Å². The Balaban J connectivity index is 1.77. The van der Waals surface area contributed by atoms with E-state index < -0.39 is 17.7 Å². The third-order valence-corrected chi connectivity index (χ3v) is 4.87. The molecule has 2 aromatic carbocycles. The Labute approximate surface area is 191 Å². The molecule has 4 rings (SSSR count). The Morgan fingerprint density at radius 1 is 1.06 bits per heavy atom. The minimum Gasteiger partial charge on any atom is -0.448 e. The van der Waals surface area contributed by atoms with Crippen molar-refractivity contribution in [1.82, 2.24) is 19.7 Å². The first-order chi connectivity index (χ1) is 15.9. The van der Waals surface area contributed by atoms with Gasteiger partial charge in [-0.15, -0.1) is 11.6 Å². The Morgan fingerprint density at radius 3 is 2.45 bits per heavy atom. The highest BCUT2D eigenvalue weighted by Crippen LogP contribution is 2.32. The normalized spacial score (nSPS) is 11.0. The standard InChI is InChI=1S/C21H18ClF2N7O2/c22-8-9-33-21(32)27-16-18(25)28-20(29-19(16)26)15-12-5-3-7-14(24)17(12)31(30-15)10-11-4-1-2-6-13(11)23/h1-7H,8-10H2,(H,27,32)(H4,25,26,28,29). The average Bonchev–Trinajstić information content (AvgIpc) is 3.16. The summed E-state index contributed by atoms with van der Waals surface area (Å²) in [5.41, 5.74) is 12.6. The Bertz CT molecular complexity index is 1320. The number of rotatable bonds is 6. The first-order valence-electron chi connectivity index (χ1n) is 9.70. The Morgan fingerprint density at radius 2 is 1.76 bits per heavy atom. The van der Waals surface area contributed by atoms with Crippen LogP contribution in [0.2, 0.25) is 0 Å². The Kier molecular flexibility index (Phi) is 6.22. The number of hydrogen-bond donors (Lipinski definition) is 3. The van der Waals surface area contributed by atoms with Crippen LogP contribution in [0.15, 0.2) is 42.5 Å². The van der Waals surface area contributed by atoms with Crippen molar-refractivity contribution >= 4 is 45.9 Å². The predicted octanol–water partition coefficient (Wildman–Crippen LogP) is 3.77. The van der Waals surface area contributed by atoms with Gasteiger partial charge in [0.25, 0.3) is 0 Å². The quantitative estimate of drug-likeness (QED) is 0.363. The van der Waals surface area contributed by atoms with Gasteiger partial charge in [-0.25, -0.2) is 23.5 Å². The van der Waals surface area contributed by atoms with Gasteiger partial charge in [0, 0.05) is 10.9 Å². The zero-order chi connectivity index (χ0) is 23.5. The molecule has 0 saturated heterocycles. The molecule has 0 bridgehead atoms. The SMILES string of the molecule is Nc1nc(-c2nn(Cc3ccccc3F)c3c(F)cccc23)nc(N)c1NC(=O)OCCCl. The lowest BCUT2D eigenvalue weighted by molar-refractivity contribution is 0.168. The number of fused-ring (bicyclic) bond motifs is 1. The number of nitrogens with two attached hydrogens (primary N) is 2. The molecule has 33 heavy (non-hydrogen) atoms. The molecule has 2 heterocycles. The molecule has 4 aromatic rings. The maximum atomic E-state index is 14.7. The fourth-order valence-corrected chi connectivity index (χ4v) is 3.34. The number of nitrogens with zero attached hydrogens (tertiary/aromatic N) is 4. The van der Waals surface area contributed by atoms with Gasteiger partial charge >= 0.3 is 6.09 Å². The highest BCUT2D eigenvalue weighted by atomic mass is 35.5. The molecule has 0 aliphatic rings. The van der Waals surface area contributed by atoms with Crippen molar-refractivity contribution in [2.45, 2.75) is 6.54 Å². The minimum atomic E-state index is -0.827. The van der Waals surface area contributed by atoms with Crippen LogP contribution in [-0.2, 0) is 11.3 Å². The van der Waals surface area contributed by atoms with Crippen molar-refractivity contribution in [1.29, 1.82) is 0 Å². The number of nitrogen functional groups attached to an aromatic ring is 2. The summed E-state index contributed by atoms with van der Waals surface area (Å²) in [6, 6.07) is 10.5. The summed E-state index contributed by atoms with van der Waals surface area (Å²) >= 11 is 5.48. The monoisotopic (exact) mass is 473 g/mol. The molecular weight excluding hydrogens is 456 g/mol. The molecule has 0 saturated carbocycles. The number of amides is 1. The van der Waals surface area contributed by atoms with Crippen LogP contribution in [0.1, 0.15) is 5.56 Å². The number of para-hydroxylation sites is 1. The van der Waals surface area contributed by atoms with Crippen molar-refractivity contribution in [2.75, 3.05) is 29.3 Å². The molecule has 0 unspecified atom stereocenters. The van der Waals surface area contributed by atoms with E-state index in [2.05, 4.69) is 20.4 Å². The smallest absolute Gasteiger partial charge is 0.411 e. The summed E-state index contributed by atoms with van der Waals surface area (Å²) in [7, 11) is 0. The van der Waals surface area contributed by atoms with Gasteiger partial charge in [-0.2, -0.15) is 5.10 Å². The number of alkyl halides is 1. The van der Waals surface area contributed by atoms with Gasteiger partial charge in [-0.3, -0.25) is 10.00 Å². The zero-order valence-electron chi connectivity index (χ0n) is 17.1. The summed E-state index contributed by atoms with van der Waals surface area (Å²) in [4.78, 5) is 20.1. The van der Waals surface area contributed by atoms with Crippen molar-refractivity contribution < 1.29 is 18.3 Å². The lowest BCUT2D eigenvalue weighted by Gasteiger charge is -2.11. The maximum absolute atomic E-state index is 14.7. The fourth-order valence-electron chi connectivity index (χ4n) is 3.26. The number of carbonyl (C=O) groups excluding carboxylic acids is 1. The van der Waals surface area contributed by atoms with E-state index >= 15 is 0 Å². The topological polar surface area (TPSA) is 134 Å². The van der Waals surface area contributed by atoms with Crippen LogP contribution in [0.5, 0.6) is 0 Å². The number of ether oxygens (including phenoxy) is 1. The summed E-state index contributed by atoms with van der Waals surface area (Å²) in [6.45, 7) is -0.0374. The van der Waals surface area contributed by atoms with E-state index in [1.165, 1.54) is 22.9 Å². The van der Waals surface area contributed by atoms with Crippen molar-refractivity contribution in [3.8, 4) is 11.5 Å². The van der Waals surface area contributed by atoms with Crippen LogP contribution in [0.3, 0.4) is 0 Å². The predicted molar refractivity (Wildman–Crippen MR) is 121 cm³/mol. The molecule has 12 heteroatoms. The second-order valence-electron chi connectivity index (χ2n) is 6.88. The van der Waals surface area contributed by atoms with Crippen LogP contribution in [0.25, 0.3) is 22.4 Å². The van der Waals surface area contributed by atoms with Gasteiger partial charge in [0.05, 0.1) is 12.4 Å². The minimum absolute atomic E-state index is 0.00700. The van der Waals surface area contributed by atoms with Gasteiger partial charge in [0.1, 0.15) is 35.1 Å². The van der Waals surface area contributed by atoms with E-state index in [-0.39, 0.29) is 53.4 Å². The summed E-state index contributed by atoms with van der Waals surface area (Å²) in [5, 5.41) is 7.16. The maximum Gasteiger partial charge on any atom is 0.411 e. The van der Waals surface area contributed by atoms with Gasteiger partial charge in [0.15, 0.2) is 17.5 Å². The molecular formula is C21H18ClF2N7O2. The number of carbonyl (C=O) groups is 1. The molecule has 0 spiro atoms. The van der Waals surface area contributed by atoms with Crippen LogP contribution in [-0.4, -0.2) is 38.3 Å². The highest BCUT2D eigenvalue weighted by Gasteiger charge is 2.21. The molecule has 2 aromatic heterocycles. The summed E-state index contributed by atoms with van der Waals surface area (Å²) in [6.07, 6.45) is -0.827. The van der Waals surface area contributed by atoms with Gasteiger partial charge < -0.3 is 16.2 Å². The van der Waals surface area contributed by atoms with E-state index in [9.17, 15) is 13.6 Å². The van der Waals surface area contributed by atoms with Gasteiger partial charge in [-0.05, 0) is 12.1 Å². The average molecular weight is 474 g/mol. The molecule has 0 atom stereocenters. The molecule has 1 amide bonds.